The molecule has 1 aliphatic heterocycles. The number of benzene rings is 2. The van der Waals surface area contributed by atoms with E-state index in [0.29, 0.717) is 50.0 Å². The highest BCUT2D eigenvalue weighted by Crippen LogP contribution is 2.43. The van der Waals surface area contributed by atoms with Crippen molar-refractivity contribution in [2.24, 2.45) is 5.41 Å². The Hall–Kier alpha value is -2.09. The first-order valence-corrected chi connectivity index (χ1v) is 12.0. The molecule has 1 saturated heterocycles. The van der Waals surface area contributed by atoms with E-state index in [1.807, 2.05) is 31.2 Å². The van der Waals surface area contributed by atoms with Crippen molar-refractivity contribution in [3.8, 4) is 5.75 Å². The average Bonchev–Trinajstić information content (AvgIpc) is 2.82. The van der Waals surface area contributed by atoms with Gasteiger partial charge in [-0.1, -0.05) is 25.1 Å². The molecule has 0 spiro atoms. The van der Waals surface area contributed by atoms with Crippen LogP contribution in [-0.4, -0.2) is 41.6 Å². The number of hydrogen-bond acceptors (Lipinski definition) is 4. The third-order valence-corrected chi connectivity index (χ3v) is 7.12. The number of halogens is 3. The molecule has 34 heavy (non-hydrogen) atoms. The summed E-state index contributed by atoms with van der Waals surface area (Å²) in [4.78, 5) is 0. The summed E-state index contributed by atoms with van der Waals surface area (Å²) >= 11 is 0. The van der Waals surface area contributed by atoms with Gasteiger partial charge >= 0.3 is 0 Å². The smallest absolute Gasteiger partial charge is 0.248 e. The van der Waals surface area contributed by atoms with Gasteiger partial charge < -0.3 is 19.7 Å². The average molecular weight is 479 g/mol. The normalized spacial score (nSPS) is 26.2. The Kier molecular flexibility index (Phi) is 7.55. The van der Waals surface area contributed by atoms with Gasteiger partial charge in [0.2, 0.25) is 5.92 Å². The third-order valence-electron chi connectivity index (χ3n) is 7.12. The highest BCUT2D eigenvalue weighted by atomic mass is 19.3. The summed E-state index contributed by atoms with van der Waals surface area (Å²) in [6.07, 6.45) is 0.479. The monoisotopic (exact) mass is 478 g/mol. The van der Waals surface area contributed by atoms with Crippen LogP contribution in [0.2, 0.25) is 0 Å². The lowest BCUT2D eigenvalue weighted by Crippen LogP contribution is -2.35. The fourth-order valence-electron chi connectivity index (χ4n) is 4.80. The lowest BCUT2D eigenvalue weighted by molar-refractivity contribution is -0.113. The molecular weight excluding hydrogens is 445 g/mol. The van der Waals surface area contributed by atoms with E-state index < -0.39 is 24.2 Å². The summed E-state index contributed by atoms with van der Waals surface area (Å²) in [5.74, 6) is -2.21. The highest BCUT2D eigenvalue weighted by molar-refractivity contribution is 5.34. The van der Waals surface area contributed by atoms with Crippen LogP contribution in [0, 0.1) is 11.2 Å². The van der Waals surface area contributed by atoms with Gasteiger partial charge in [-0.25, -0.2) is 13.2 Å². The van der Waals surface area contributed by atoms with Gasteiger partial charge in [-0.3, -0.25) is 0 Å². The van der Waals surface area contributed by atoms with E-state index >= 15 is 0 Å². The zero-order chi connectivity index (χ0) is 24.3. The van der Waals surface area contributed by atoms with E-state index in [4.69, 9.17) is 9.47 Å². The van der Waals surface area contributed by atoms with Crippen molar-refractivity contribution in [3.05, 3.63) is 65.0 Å². The van der Waals surface area contributed by atoms with E-state index in [1.165, 1.54) is 6.07 Å². The van der Waals surface area contributed by atoms with E-state index in [0.717, 1.165) is 11.1 Å². The standard InChI is InChI=1S/C27H33F3O4/c1-26(8-10-27(29,30)11-9-26)17-33-22-5-2-18(3-6-22)12-20-13-19(4-7-24(20)28)25-15-21(32)14-23(16-31)34-25/h2-7,13,21,23,25,31-32H,8-12,14-17H2,1H3. The minimum Gasteiger partial charge on any atom is -0.493 e. The van der Waals surface area contributed by atoms with Crippen molar-refractivity contribution < 1.29 is 32.9 Å². The van der Waals surface area contributed by atoms with Gasteiger partial charge in [-0.05, 0) is 53.8 Å². The predicted octanol–water partition coefficient (Wildman–Crippen LogP) is 5.58. The van der Waals surface area contributed by atoms with Gasteiger partial charge in [0, 0.05) is 37.5 Å². The van der Waals surface area contributed by atoms with E-state index in [1.54, 1.807) is 12.1 Å². The fraction of sp³-hybridized carbons (Fsp3) is 0.556. The number of aliphatic hydroxyl groups excluding tert-OH is 2. The predicted molar refractivity (Wildman–Crippen MR) is 123 cm³/mol. The maximum Gasteiger partial charge on any atom is 0.248 e. The van der Waals surface area contributed by atoms with Gasteiger partial charge in [0.15, 0.2) is 0 Å². The van der Waals surface area contributed by atoms with Crippen molar-refractivity contribution in [1.82, 2.24) is 0 Å². The SMILES string of the molecule is CC1(COc2ccc(Cc3cc(C4CC(O)CC(CO)O4)ccc3F)cc2)CCC(F)(F)CC1. The molecule has 7 heteroatoms. The van der Waals surface area contributed by atoms with Crippen molar-refractivity contribution in [3.63, 3.8) is 0 Å². The Morgan fingerprint density at radius 1 is 1.03 bits per heavy atom. The first kappa shape index (κ1) is 25.0. The molecule has 0 amide bonds. The molecule has 2 aromatic carbocycles. The molecule has 1 heterocycles. The minimum absolute atomic E-state index is 0.0953. The molecule has 3 unspecified atom stereocenters. The minimum atomic E-state index is -2.56. The maximum atomic E-state index is 14.5. The van der Waals surface area contributed by atoms with Gasteiger partial charge in [-0.15, -0.1) is 0 Å². The summed E-state index contributed by atoms with van der Waals surface area (Å²) in [5, 5.41) is 19.5. The third kappa shape index (κ3) is 6.32. The van der Waals surface area contributed by atoms with Crippen molar-refractivity contribution in [1.29, 1.82) is 0 Å². The fourth-order valence-corrected chi connectivity index (χ4v) is 4.80. The molecular formula is C27H33F3O4. The topological polar surface area (TPSA) is 58.9 Å². The highest BCUT2D eigenvalue weighted by Gasteiger charge is 2.41. The molecule has 4 nitrogen and oxygen atoms in total. The molecule has 2 aliphatic rings. The Bertz CT molecular complexity index is 953. The zero-order valence-corrected chi connectivity index (χ0v) is 19.5. The molecule has 2 fully saturated rings. The Morgan fingerprint density at radius 3 is 2.41 bits per heavy atom. The van der Waals surface area contributed by atoms with Gasteiger partial charge in [-0.2, -0.15) is 0 Å². The lowest BCUT2D eigenvalue weighted by Gasteiger charge is -2.36. The Balaban J connectivity index is 1.37. The van der Waals surface area contributed by atoms with Crippen LogP contribution in [-0.2, 0) is 11.2 Å². The molecule has 0 radical (unpaired) electrons. The summed E-state index contributed by atoms with van der Waals surface area (Å²) in [7, 11) is 0. The van der Waals surface area contributed by atoms with Crippen molar-refractivity contribution in [2.75, 3.05) is 13.2 Å². The van der Waals surface area contributed by atoms with Crippen LogP contribution in [0.1, 0.15) is 68.2 Å². The van der Waals surface area contributed by atoms with Crippen LogP contribution in [0.4, 0.5) is 13.2 Å². The van der Waals surface area contributed by atoms with E-state index in [2.05, 4.69) is 0 Å². The second-order valence-corrected chi connectivity index (χ2v) is 10.2. The Morgan fingerprint density at radius 2 is 1.74 bits per heavy atom. The van der Waals surface area contributed by atoms with Crippen LogP contribution in [0.5, 0.6) is 5.75 Å². The molecule has 2 N–H and O–H groups in total. The van der Waals surface area contributed by atoms with Gasteiger partial charge in [0.1, 0.15) is 11.6 Å². The van der Waals surface area contributed by atoms with Crippen LogP contribution < -0.4 is 4.74 Å². The summed E-state index contributed by atoms with van der Waals surface area (Å²) < 4.78 is 53.2. The maximum absolute atomic E-state index is 14.5. The number of hydrogen-bond donors (Lipinski definition) is 2. The zero-order valence-electron chi connectivity index (χ0n) is 19.5. The molecule has 2 aromatic rings. The van der Waals surface area contributed by atoms with Crippen molar-refractivity contribution >= 4 is 0 Å². The second-order valence-electron chi connectivity index (χ2n) is 10.2. The first-order chi connectivity index (χ1) is 16.1. The first-order valence-electron chi connectivity index (χ1n) is 12.0. The quantitative estimate of drug-likeness (QED) is 0.545. The van der Waals surface area contributed by atoms with Gasteiger partial charge in [0.05, 0.1) is 31.5 Å². The van der Waals surface area contributed by atoms with Crippen LogP contribution in [0.15, 0.2) is 42.5 Å². The van der Waals surface area contributed by atoms with E-state index in [9.17, 15) is 23.4 Å². The van der Waals surface area contributed by atoms with Crippen LogP contribution in [0.3, 0.4) is 0 Å². The molecule has 1 aliphatic carbocycles. The second kappa shape index (κ2) is 10.3. The summed E-state index contributed by atoms with van der Waals surface area (Å²) in [5.41, 5.74) is 1.95. The number of alkyl halides is 2. The molecule has 186 valence electrons. The molecule has 1 saturated carbocycles. The van der Waals surface area contributed by atoms with Crippen LogP contribution >= 0.6 is 0 Å². The van der Waals surface area contributed by atoms with Crippen LogP contribution in [0.25, 0.3) is 0 Å². The largest absolute Gasteiger partial charge is 0.493 e. The number of ether oxygens (including phenoxy) is 2. The van der Waals surface area contributed by atoms with E-state index in [-0.39, 0.29) is 30.7 Å². The summed E-state index contributed by atoms with van der Waals surface area (Å²) in [6, 6.07) is 12.2. The molecule has 4 rings (SSSR count). The van der Waals surface area contributed by atoms with Gasteiger partial charge in [0.25, 0.3) is 0 Å². The number of aliphatic hydroxyl groups is 2. The molecule has 3 atom stereocenters. The lowest BCUT2D eigenvalue weighted by atomic mass is 9.75. The molecule has 0 bridgehead atoms. The number of rotatable bonds is 7. The molecule has 0 aromatic heterocycles. The van der Waals surface area contributed by atoms with Crippen molar-refractivity contribution in [2.45, 2.75) is 76.1 Å². The summed E-state index contributed by atoms with van der Waals surface area (Å²) in [6.45, 7) is 2.22. The Labute approximate surface area is 198 Å².